The van der Waals surface area contributed by atoms with Crippen LogP contribution in [0.1, 0.15) is 23.1 Å². The van der Waals surface area contributed by atoms with Crippen molar-refractivity contribution in [3.8, 4) is 5.75 Å². The maximum Gasteiger partial charge on any atom is 0.309 e. The lowest BCUT2D eigenvalue weighted by Crippen LogP contribution is -2.24. The van der Waals surface area contributed by atoms with Crippen LogP contribution in [0.5, 0.6) is 5.75 Å². The van der Waals surface area contributed by atoms with E-state index < -0.39 is 24.7 Å². The van der Waals surface area contributed by atoms with E-state index in [9.17, 15) is 13.6 Å². The van der Waals surface area contributed by atoms with Gasteiger partial charge >= 0.3 is 5.97 Å². The standard InChI is InChI=1S/C13H16F2O3/c1-8-5-11(18-3)9(2)4-10(8)6-13(14,15)7-12(16)17/h4-5H,6-7H2,1-3H3,(H,16,17). The molecule has 0 amide bonds. The summed E-state index contributed by atoms with van der Waals surface area (Å²) in [4.78, 5) is 10.4. The Morgan fingerprint density at radius 2 is 1.94 bits per heavy atom. The van der Waals surface area contributed by atoms with E-state index in [1.54, 1.807) is 26.0 Å². The molecule has 1 rings (SSSR count). The van der Waals surface area contributed by atoms with Gasteiger partial charge in [-0.05, 0) is 36.6 Å². The Balaban J connectivity index is 2.98. The number of halogens is 2. The maximum absolute atomic E-state index is 13.4. The molecule has 0 saturated carbocycles. The van der Waals surface area contributed by atoms with E-state index in [0.717, 1.165) is 5.56 Å². The molecule has 1 N–H and O–H groups in total. The van der Waals surface area contributed by atoms with Crippen LogP contribution >= 0.6 is 0 Å². The lowest BCUT2D eigenvalue weighted by molar-refractivity contribution is -0.144. The summed E-state index contributed by atoms with van der Waals surface area (Å²) in [6, 6.07) is 3.30. The molecule has 0 heterocycles. The number of hydrogen-bond donors (Lipinski definition) is 1. The third kappa shape index (κ3) is 3.68. The second-order valence-electron chi connectivity index (χ2n) is 4.35. The molecule has 1 aromatic rings. The van der Waals surface area contributed by atoms with Gasteiger partial charge in [0.05, 0.1) is 7.11 Å². The van der Waals surface area contributed by atoms with Crippen LogP contribution in [0.15, 0.2) is 12.1 Å². The van der Waals surface area contributed by atoms with Crippen LogP contribution in [0.25, 0.3) is 0 Å². The molecule has 0 unspecified atom stereocenters. The van der Waals surface area contributed by atoms with E-state index in [1.165, 1.54) is 7.11 Å². The summed E-state index contributed by atoms with van der Waals surface area (Å²) >= 11 is 0. The van der Waals surface area contributed by atoms with Gasteiger partial charge in [0.1, 0.15) is 12.2 Å². The zero-order chi connectivity index (χ0) is 13.9. The van der Waals surface area contributed by atoms with Gasteiger partial charge in [-0.1, -0.05) is 6.07 Å². The molecule has 5 heteroatoms. The highest BCUT2D eigenvalue weighted by Crippen LogP contribution is 2.29. The number of aryl methyl sites for hydroxylation is 2. The fourth-order valence-corrected chi connectivity index (χ4v) is 1.82. The predicted octanol–water partition coefficient (Wildman–Crippen LogP) is 2.96. The minimum Gasteiger partial charge on any atom is -0.496 e. The highest BCUT2D eigenvalue weighted by atomic mass is 19.3. The maximum atomic E-state index is 13.4. The Morgan fingerprint density at radius 3 is 2.44 bits per heavy atom. The molecule has 0 aliphatic rings. The van der Waals surface area contributed by atoms with Crippen LogP contribution in [0.3, 0.4) is 0 Å². The van der Waals surface area contributed by atoms with Crippen molar-refractivity contribution in [1.82, 2.24) is 0 Å². The first-order valence-electron chi connectivity index (χ1n) is 5.49. The smallest absolute Gasteiger partial charge is 0.309 e. The first-order valence-corrected chi connectivity index (χ1v) is 5.49. The molecule has 0 saturated heterocycles. The average Bonchev–Trinajstić information content (AvgIpc) is 2.20. The van der Waals surface area contributed by atoms with E-state index >= 15 is 0 Å². The molecule has 18 heavy (non-hydrogen) atoms. The van der Waals surface area contributed by atoms with Crippen molar-refractivity contribution in [3.63, 3.8) is 0 Å². The summed E-state index contributed by atoms with van der Waals surface area (Å²) in [5, 5.41) is 8.43. The van der Waals surface area contributed by atoms with Crippen molar-refractivity contribution in [2.75, 3.05) is 7.11 Å². The summed E-state index contributed by atoms with van der Waals surface area (Å²) < 4.78 is 32.0. The monoisotopic (exact) mass is 258 g/mol. The summed E-state index contributed by atoms with van der Waals surface area (Å²) in [5.41, 5.74) is 1.87. The second kappa shape index (κ2) is 5.33. The van der Waals surface area contributed by atoms with Crippen LogP contribution in [0, 0.1) is 13.8 Å². The number of carbonyl (C=O) groups is 1. The van der Waals surface area contributed by atoms with Crippen LogP contribution in [-0.2, 0) is 11.2 Å². The fraction of sp³-hybridized carbons (Fsp3) is 0.462. The van der Waals surface area contributed by atoms with Crippen molar-refractivity contribution in [1.29, 1.82) is 0 Å². The number of benzene rings is 1. The van der Waals surface area contributed by atoms with Crippen molar-refractivity contribution in [2.24, 2.45) is 0 Å². The molecule has 0 bridgehead atoms. The van der Waals surface area contributed by atoms with Gasteiger partial charge in [-0.15, -0.1) is 0 Å². The average molecular weight is 258 g/mol. The predicted molar refractivity (Wildman–Crippen MR) is 63.4 cm³/mol. The van der Waals surface area contributed by atoms with Gasteiger partial charge in [0.2, 0.25) is 0 Å². The van der Waals surface area contributed by atoms with Gasteiger partial charge in [0.25, 0.3) is 5.92 Å². The Hall–Kier alpha value is -1.65. The third-order valence-corrected chi connectivity index (χ3v) is 2.71. The Kier molecular flexibility index (Phi) is 4.27. The molecule has 0 atom stereocenters. The third-order valence-electron chi connectivity index (χ3n) is 2.71. The van der Waals surface area contributed by atoms with Crippen LogP contribution in [-0.4, -0.2) is 24.1 Å². The first-order chi connectivity index (χ1) is 8.25. The number of carboxylic acid groups (broad SMARTS) is 1. The molecule has 0 fully saturated rings. The van der Waals surface area contributed by atoms with Gasteiger partial charge in [-0.2, -0.15) is 0 Å². The van der Waals surface area contributed by atoms with Gasteiger partial charge in [0, 0.05) is 6.42 Å². The topological polar surface area (TPSA) is 46.5 Å². The number of alkyl halides is 2. The fourth-order valence-electron chi connectivity index (χ4n) is 1.82. The van der Waals surface area contributed by atoms with Gasteiger partial charge < -0.3 is 9.84 Å². The lowest BCUT2D eigenvalue weighted by atomic mass is 9.97. The molecule has 0 spiro atoms. The molecule has 1 aromatic carbocycles. The van der Waals surface area contributed by atoms with E-state index in [4.69, 9.17) is 9.84 Å². The molecule has 0 aliphatic carbocycles. The number of ether oxygens (including phenoxy) is 1. The minimum absolute atomic E-state index is 0.444. The zero-order valence-electron chi connectivity index (χ0n) is 10.6. The summed E-state index contributed by atoms with van der Waals surface area (Å²) in [6.45, 7) is 3.46. The van der Waals surface area contributed by atoms with Gasteiger partial charge in [-0.25, -0.2) is 8.78 Å². The first kappa shape index (κ1) is 14.4. The lowest BCUT2D eigenvalue weighted by Gasteiger charge is -2.17. The number of aliphatic carboxylic acids is 1. The molecule has 0 aromatic heterocycles. The van der Waals surface area contributed by atoms with Crippen molar-refractivity contribution < 1.29 is 23.4 Å². The largest absolute Gasteiger partial charge is 0.496 e. The second-order valence-corrected chi connectivity index (χ2v) is 4.35. The molecular formula is C13H16F2O3. The zero-order valence-corrected chi connectivity index (χ0v) is 10.6. The normalized spacial score (nSPS) is 11.4. The molecule has 0 aliphatic heterocycles. The number of methoxy groups -OCH3 is 1. The molecular weight excluding hydrogens is 242 g/mol. The van der Waals surface area contributed by atoms with Crippen LogP contribution < -0.4 is 4.74 Å². The van der Waals surface area contributed by atoms with Crippen molar-refractivity contribution >= 4 is 5.97 Å². The van der Waals surface area contributed by atoms with E-state index in [-0.39, 0.29) is 0 Å². The van der Waals surface area contributed by atoms with Gasteiger partial charge in [-0.3, -0.25) is 4.79 Å². The minimum atomic E-state index is -3.24. The van der Waals surface area contributed by atoms with E-state index in [2.05, 4.69) is 0 Å². The number of rotatable bonds is 5. The quantitative estimate of drug-likeness (QED) is 0.883. The molecule has 3 nitrogen and oxygen atoms in total. The highest BCUT2D eigenvalue weighted by Gasteiger charge is 2.33. The summed E-state index contributed by atoms with van der Waals surface area (Å²) in [5.74, 6) is -4.10. The van der Waals surface area contributed by atoms with Crippen molar-refractivity contribution in [2.45, 2.75) is 32.6 Å². The highest BCUT2D eigenvalue weighted by molar-refractivity contribution is 5.67. The van der Waals surface area contributed by atoms with Gasteiger partial charge in [0.15, 0.2) is 0 Å². The van der Waals surface area contributed by atoms with Crippen LogP contribution in [0.2, 0.25) is 0 Å². The summed E-state index contributed by atoms with van der Waals surface area (Å²) in [6.07, 6.45) is -1.73. The summed E-state index contributed by atoms with van der Waals surface area (Å²) in [7, 11) is 1.51. The number of hydrogen-bond acceptors (Lipinski definition) is 2. The van der Waals surface area contributed by atoms with Crippen LogP contribution in [0.4, 0.5) is 8.78 Å². The van der Waals surface area contributed by atoms with E-state index in [0.29, 0.717) is 16.9 Å². The SMILES string of the molecule is COc1cc(C)c(CC(F)(F)CC(=O)O)cc1C. The Bertz CT molecular complexity index is 456. The van der Waals surface area contributed by atoms with E-state index in [1.807, 2.05) is 0 Å². The molecule has 100 valence electrons. The Morgan fingerprint density at radius 1 is 1.33 bits per heavy atom. The van der Waals surface area contributed by atoms with Crippen molar-refractivity contribution in [3.05, 3.63) is 28.8 Å². The Labute approximate surface area is 104 Å². The molecule has 0 radical (unpaired) electrons. The number of carboxylic acids is 1.